The van der Waals surface area contributed by atoms with Crippen molar-refractivity contribution in [3.05, 3.63) is 59.9 Å². The first-order chi connectivity index (χ1) is 12.5. The van der Waals surface area contributed by atoms with Crippen LogP contribution in [0.15, 0.2) is 48.5 Å². The molecule has 2 aromatic rings. The number of anilines is 1. The molecule has 0 unspecified atom stereocenters. The van der Waals surface area contributed by atoms with Gasteiger partial charge in [0.05, 0.1) is 18.8 Å². The summed E-state index contributed by atoms with van der Waals surface area (Å²) in [6.45, 7) is 4.10. The molecule has 1 N–H and O–H groups in total. The summed E-state index contributed by atoms with van der Waals surface area (Å²) in [6, 6.07) is 13.3. The number of nitrogens with one attached hydrogen (secondary N) is 1. The smallest absolute Gasteiger partial charge is 0.244 e. The lowest BCUT2D eigenvalue weighted by molar-refractivity contribution is -0.132. The van der Waals surface area contributed by atoms with E-state index in [1.807, 2.05) is 13.0 Å². The summed E-state index contributed by atoms with van der Waals surface area (Å²) in [6.07, 6.45) is 0.544. The molecule has 0 saturated carbocycles. The van der Waals surface area contributed by atoms with Gasteiger partial charge in [0, 0.05) is 13.5 Å². The van der Waals surface area contributed by atoms with Gasteiger partial charge in [-0.15, -0.1) is 0 Å². The zero-order chi connectivity index (χ0) is 18.9. The predicted octanol–water partition coefficient (Wildman–Crippen LogP) is 3.25. The van der Waals surface area contributed by atoms with E-state index in [0.29, 0.717) is 31.0 Å². The molecule has 5 nitrogen and oxygen atoms in total. The molecule has 138 valence electrons. The highest BCUT2D eigenvalue weighted by atomic mass is 19.1. The molecule has 0 bridgehead atoms. The fourth-order valence-corrected chi connectivity index (χ4v) is 2.48. The van der Waals surface area contributed by atoms with Crippen molar-refractivity contribution in [1.29, 1.82) is 0 Å². The molecule has 2 rings (SSSR count). The Balaban J connectivity index is 1.95. The Morgan fingerprint density at radius 1 is 1.12 bits per heavy atom. The van der Waals surface area contributed by atoms with E-state index in [0.717, 1.165) is 5.56 Å². The van der Waals surface area contributed by atoms with Gasteiger partial charge in [-0.3, -0.25) is 9.59 Å². The van der Waals surface area contributed by atoms with Crippen LogP contribution in [-0.2, 0) is 16.0 Å². The van der Waals surface area contributed by atoms with Gasteiger partial charge in [-0.1, -0.05) is 24.3 Å². The van der Waals surface area contributed by atoms with E-state index < -0.39 is 0 Å². The molecule has 0 aliphatic carbocycles. The average Bonchev–Trinajstić information content (AvgIpc) is 2.61. The van der Waals surface area contributed by atoms with Crippen LogP contribution >= 0.6 is 0 Å². The highest BCUT2D eigenvalue weighted by molar-refractivity contribution is 5.95. The minimum Gasteiger partial charge on any atom is -0.492 e. The van der Waals surface area contributed by atoms with Gasteiger partial charge in [0.1, 0.15) is 11.6 Å². The molecule has 6 heteroatoms. The number of carbonyl (C=O) groups is 2. The zero-order valence-corrected chi connectivity index (χ0v) is 15.0. The molecule has 0 radical (unpaired) electrons. The van der Waals surface area contributed by atoms with E-state index in [9.17, 15) is 14.0 Å². The number of hydrogen-bond acceptors (Lipinski definition) is 3. The van der Waals surface area contributed by atoms with Crippen molar-refractivity contribution in [3.8, 4) is 5.75 Å². The lowest BCUT2D eigenvalue weighted by Gasteiger charge is -2.21. The normalized spacial score (nSPS) is 10.3. The van der Waals surface area contributed by atoms with Gasteiger partial charge in [-0.25, -0.2) is 4.39 Å². The molecule has 0 aromatic heterocycles. The summed E-state index contributed by atoms with van der Waals surface area (Å²) in [4.78, 5) is 25.6. The molecule has 0 aliphatic rings. The highest BCUT2D eigenvalue weighted by Gasteiger charge is 2.15. The van der Waals surface area contributed by atoms with Crippen LogP contribution in [0.5, 0.6) is 5.75 Å². The molecular weight excluding hydrogens is 335 g/mol. The van der Waals surface area contributed by atoms with Crippen molar-refractivity contribution >= 4 is 17.5 Å². The Kier molecular flexibility index (Phi) is 7.14. The quantitative estimate of drug-likeness (QED) is 0.788. The third-order valence-corrected chi connectivity index (χ3v) is 3.82. The first-order valence-electron chi connectivity index (χ1n) is 8.51. The third kappa shape index (κ3) is 5.88. The summed E-state index contributed by atoms with van der Waals surface area (Å²) in [5.41, 5.74) is 1.47. The highest BCUT2D eigenvalue weighted by Crippen LogP contribution is 2.23. The lowest BCUT2D eigenvalue weighted by Crippen LogP contribution is -2.38. The van der Waals surface area contributed by atoms with Crippen molar-refractivity contribution in [3.63, 3.8) is 0 Å². The first kappa shape index (κ1) is 19.4. The topological polar surface area (TPSA) is 58.6 Å². The van der Waals surface area contributed by atoms with Gasteiger partial charge in [0.25, 0.3) is 0 Å². The molecular formula is C20H23FN2O3. The van der Waals surface area contributed by atoms with Gasteiger partial charge in [-0.05, 0) is 43.2 Å². The van der Waals surface area contributed by atoms with Gasteiger partial charge >= 0.3 is 0 Å². The second-order valence-electron chi connectivity index (χ2n) is 5.79. The van der Waals surface area contributed by atoms with Crippen molar-refractivity contribution in [1.82, 2.24) is 4.90 Å². The monoisotopic (exact) mass is 358 g/mol. The summed E-state index contributed by atoms with van der Waals surface area (Å²) in [7, 11) is 0. The third-order valence-electron chi connectivity index (χ3n) is 3.82. The van der Waals surface area contributed by atoms with Crippen LogP contribution in [0.25, 0.3) is 0 Å². The molecule has 0 fully saturated rings. The molecule has 0 atom stereocenters. The van der Waals surface area contributed by atoms with E-state index >= 15 is 0 Å². The zero-order valence-electron chi connectivity index (χ0n) is 15.0. The SMILES string of the molecule is CCOc1ccccc1NC(=O)CN(CCc1ccc(F)cc1)C(C)=O. The maximum absolute atomic E-state index is 13.0. The standard InChI is InChI=1S/C20H23FN2O3/c1-3-26-19-7-5-4-6-18(19)22-20(25)14-23(15(2)24)13-12-16-8-10-17(21)11-9-16/h4-11H,3,12-14H2,1-2H3,(H,22,25). The van der Waals surface area contributed by atoms with Crippen molar-refractivity contribution < 1.29 is 18.7 Å². The van der Waals surface area contributed by atoms with Crippen LogP contribution in [0.4, 0.5) is 10.1 Å². The predicted molar refractivity (Wildman–Crippen MR) is 98.6 cm³/mol. The van der Waals surface area contributed by atoms with Gasteiger partial charge in [0.2, 0.25) is 11.8 Å². The van der Waals surface area contributed by atoms with E-state index in [4.69, 9.17) is 4.74 Å². The minimum absolute atomic E-state index is 0.0585. The van der Waals surface area contributed by atoms with Gasteiger partial charge in [-0.2, -0.15) is 0 Å². The fourth-order valence-electron chi connectivity index (χ4n) is 2.48. The maximum Gasteiger partial charge on any atom is 0.244 e. The Morgan fingerprint density at radius 3 is 2.46 bits per heavy atom. The maximum atomic E-state index is 13.0. The second kappa shape index (κ2) is 9.56. The first-order valence-corrected chi connectivity index (χ1v) is 8.51. The van der Waals surface area contributed by atoms with Crippen LogP contribution in [0.1, 0.15) is 19.4 Å². The van der Waals surface area contributed by atoms with Crippen LogP contribution in [-0.4, -0.2) is 36.4 Å². The van der Waals surface area contributed by atoms with Gasteiger partial charge < -0.3 is 15.0 Å². The largest absolute Gasteiger partial charge is 0.492 e. The number of halogens is 1. The van der Waals surface area contributed by atoms with Gasteiger partial charge in [0.15, 0.2) is 0 Å². The second-order valence-corrected chi connectivity index (χ2v) is 5.79. The van der Waals surface area contributed by atoms with E-state index in [1.54, 1.807) is 30.3 Å². The van der Waals surface area contributed by atoms with E-state index in [1.165, 1.54) is 24.0 Å². The van der Waals surface area contributed by atoms with Crippen molar-refractivity contribution in [2.24, 2.45) is 0 Å². The summed E-state index contributed by atoms with van der Waals surface area (Å²) in [5.74, 6) is -0.208. The number of benzene rings is 2. The number of carbonyl (C=O) groups excluding carboxylic acids is 2. The fraction of sp³-hybridized carbons (Fsp3) is 0.300. The number of amides is 2. The number of ether oxygens (including phenoxy) is 1. The van der Waals surface area contributed by atoms with Crippen LogP contribution < -0.4 is 10.1 Å². The average molecular weight is 358 g/mol. The summed E-state index contributed by atoms with van der Waals surface area (Å²) < 4.78 is 18.4. The lowest BCUT2D eigenvalue weighted by atomic mass is 10.1. The van der Waals surface area contributed by atoms with Crippen molar-refractivity contribution in [2.75, 3.05) is 25.0 Å². The molecule has 2 amide bonds. The number of para-hydroxylation sites is 2. The molecule has 0 saturated heterocycles. The van der Waals surface area contributed by atoms with E-state index in [-0.39, 0.29) is 24.2 Å². The number of nitrogens with zero attached hydrogens (tertiary/aromatic N) is 1. The van der Waals surface area contributed by atoms with E-state index in [2.05, 4.69) is 5.32 Å². The molecule has 0 spiro atoms. The Hall–Kier alpha value is -2.89. The number of rotatable bonds is 8. The number of hydrogen-bond donors (Lipinski definition) is 1. The van der Waals surface area contributed by atoms with Crippen LogP contribution in [0, 0.1) is 5.82 Å². The molecule has 2 aromatic carbocycles. The minimum atomic E-state index is -0.301. The van der Waals surface area contributed by atoms with Crippen LogP contribution in [0.3, 0.4) is 0 Å². The summed E-state index contributed by atoms with van der Waals surface area (Å²) in [5, 5.41) is 2.78. The molecule has 26 heavy (non-hydrogen) atoms. The molecule has 0 heterocycles. The summed E-state index contributed by atoms with van der Waals surface area (Å²) >= 11 is 0. The Bertz CT molecular complexity index is 747. The van der Waals surface area contributed by atoms with Crippen LogP contribution in [0.2, 0.25) is 0 Å². The van der Waals surface area contributed by atoms with Crippen molar-refractivity contribution in [2.45, 2.75) is 20.3 Å². The Morgan fingerprint density at radius 2 is 1.81 bits per heavy atom. The molecule has 0 aliphatic heterocycles. The Labute approximate surface area is 152 Å².